The minimum atomic E-state index is -1.05. The molecule has 5 nitrogen and oxygen atoms in total. The lowest BCUT2D eigenvalue weighted by atomic mass is 10.1. The van der Waals surface area contributed by atoms with Crippen molar-refractivity contribution in [2.45, 2.75) is 31.7 Å². The molecule has 1 fully saturated rings. The Kier molecular flexibility index (Phi) is 3.88. The first kappa shape index (κ1) is 15.0. The zero-order chi connectivity index (χ0) is 15.1. The van der Waals surface area contributed by atoms with Gasteiger partial charge < -0.3 is 5.32 Å². The van der Waals surface area contributed by atoms with E-state index in [2.05, 4.69) is 5.32 Å². The molecule has 0 radical (unpaired) electrons. The zero-order valence-corrected chi connectivity index (χ0v) is 12.0. The average molecular weight is 321 g/mol. The molecule has 20 heavy (non-hydrogen) atoms. The summed E-state index contributed by atoms with van der Waals surface area (Å²) in [7, 11) is 0. The number of benzene rings is 1. The highest BCUT2D eigenvalue weighted by Crippen LogP contribution is 2.40. The Hall–Kier alpha value is -1.40. The summed E-state index contributed by atoms with van der Waals surface area (Å²) in [5, 5.41) is 12.4. The monoisotopic (exact) mass is 320 g/mol. The molecule has 1 N–H and O–H groups in total. The number of carbonyl (C=O) groups is 1. The highest BCUT2D eigenvalue weighted by Gasteiger charge is 2.43. The van der Waals surface area contributed by atoms with E-state index in [-0.39, 0.29) is 11.1 Å². The van der Waals surface area contributed by atoms with Crippen LogP contribution in [0, 0.1) is 15.9 Å². The minimum absolute atomic E-state index is 0.278. The second kappa shape index (κ2) is 5.18. The van der Waals surface area contributed by atoms with Crippen LogP contribution in [-0.2, 0) is 0 Å². The average Bonchev–Trinajstić information content (AvgIpc) is 3.13. The minimum Gasteiger partial charge on any atom is -0.347 e. The Balaban J connectivity index is 2.42. The third-order valence-electron chi connectivity index (χ3n) is 3.47. The molecular formula is C12H11Cl2FN2O3. The fourth-order valence-electron chi connectivity index (χ4n) is 1.94. The van der Waals surface area contributed by atoms with Crippen molar-refractivity contribution in [3.8, 4) is 0 Å². The van der Waals surface area contributed by atoms with Gasteiger partial charge in [0, 0.05) is 5.54 Å². The molecule has 1 amide bonds. The summed E-state index contributed by atoms with van der Waals surface area (Å²) in [6.45, 7) is 1.92. The van der Waals surface area contributed by atoms with Gasteiger partial charge >= 0.3 is 5.69 Å². The van der Waals surface area contributed by atoms with Crippen molar-refractivity contribution in [3.63, 3.8) is 0 Å². The van der Waals surface area contributed by atoms with Crippen molar-refractivity contribution in [1.29, 1.82) is 0 Å². The lowest BCUT2D eigenvalue weighted by molar-refractivity contribution is -0.384. The van der Waals surface area contributed by atoms with Gasteiger partial charge in [-0.2, -0.15) is 0 Å². The molecule has 0 bridgehead atoms. The molecule has 0 aliphatic heterocycles. The maximum atomic E-state index is 13.6. The van der Waals surface area contributed by atoms with E-state index in [0.717, 1.165) is 25.3 Å². The summed E-state index contributed by atoms with van der Waals surface area (Å²) < 4.78 is 13.6. The number of halogens is 3. The van der Waals surface area contributed by atoms with Crippen LogP contribution >= 0.6 is 23.2 Å². The quantitative estimate of drug-likeness (QED) is 0.522. The summed E-state index contributed by atoms with van der Waals surface area (Å²) in [4.78, 5) is 22.0. The Morgan fingerprint density at radius 3 is 2.55 bits per heavy atom. The Morgan fingerprint density at radius 1 is 1.50 bits per heavy atom. The smallest absolute Gasteiger partial charge is 0.310 e. The predicted octanol–water partition coefficient (Wildman–Crippen LogP) is 3.71. The molecule has 108 valence electrons. The van der Waals surface area contributed by atoms with Crippen LogP contribution in [-0.4, -0.2) is 16.4 Å². The largest absolute Gasteiger partial charge is 0.347 e. The summed E-state index contributed by atoms with van der Waals surface area (Å²) in [6.07, 6.45) is 2.38. The van der Waals surface area contributed by atoms with Crippen molar-refractivity contribution in [2.24, 2.45) is 0 Å². The number of rotatable bonds is 4. The number of carbonyl (C=O) groups excluding carboxylic acids is 1. The third kappa shape index (κ3) is 2.58. The van der Waals surface area contributed by atoms with E-state index in [0.29, 0.717) is 0 Å². The van der Waals surface area contributed by atoms with Crippen LogP contribution in [0.5, 0.6) is 0 Å². The van der Waals surface area contributed by atoms with Gasteiger partial charge in [-0.15, -0.1) is 0 Å². The van der Waals surface area contributed by atoms with Gasteiger partial charge in [-0.25, -0.2) is 4.39 Å². The summed E-state index contributed by atoms with van der Waals surface area (Å²) in [6, 6.07) is 0.818. The van der Waals surface area contributed by atoms with E-state index in [4.69, 9.17) is 23.2 Å². The Bertz CT molecular complexity index is 603. The molecule has 0 spiro atoms. The molecule has 1 saturated carbocycles. The molecule has 0 heterocycles. The Morgan fingerprint density at radius 2 is 2.10 bits per heavy atom. The van der Waals surface area contributed by atoms with Crippen LogP contribution in [0.15, 0.2) is 6.07 Å². The molecule has 1 aromatic carbocycles. The van der Waals surface area contributed by atoms with Gasteiger partial charge in [0.25, 0.3) is 5.91 Å². The van der Waals surface area contributed by atoms with Gasteiger partial charge in [-0.05, 0) is 25.3 Å². The number of nitrogens with one attached hydrogen (secondary N) is 1. The van der Waals surface area contributed by atoms with E-state index in [1.54, 1.807) is 0 Å². The molecule has 2 rings (SSSR count). The lowest BCUT2D eigenvalue weighted by Crippen LogP contribution is -2.36. The molecule has 8 heteroatoms. The number of nitro benzene ring substituents is 1. The van der Waals surface area contributed by atoms with E-state index < -0.39 is 32.4 Å². The molecule has 1 aliphatic rings. The topological polar surface area (TPSA) is 72.2 Å². The first-order chi connectivity index (χ1) is 9.31. The van der Waals surface area contributed by atoms with Crippen LogP contribution in [0.2, 0.25) is 10.0 Å². The number of hydrogen-bond donors (Lipinski definition) is 1. The summed E-state index contributed by atoms with van der Waals surface area (Å²) in [5.74, 6) is -1.68. The lowest BCUT2D eigenvalue weighted by Gasteiger charge is -2.15. The molecule has 0 saturated heterocycles. The van der Waals surface area contributed by atoms with Crippen LogP contribution < -0.4 is 5.32 Å². The number of nitrogens with zero attached hydrogens (tertiary/aromatic N) is 1. The number of amides is 1. The fraction of sp³-hybridized carbons (Fsp3) is 0.417. The van der Waals surface area contributed by atoms with Crippen molar-refractivity contribution < 1.29 is 14.1 Å². The number of hydrogen-bond acceptors (Lipinski definition) is 3. The van der Waals surface area contributed by atoms with Crippen LogP contribution in [0.1, 0.15) is 36.5 Å². The van der Waals surface area contributed by atoms with Crippen LogP contribution in [0.3, 0.4) is 0 Å². The fourth-order valence-corrected chi connectivity index (χ4v) is 2.51. The first-order valence-electron chi connectivity index (χ1n) is 5.95. The number of nitro groups is 1. The SMILES string of the molecule is CCC1(NC(=O)c2cc(F)c(Cl)c([N+](=O)[O-])c2Cl)CC1. The highest BCUT2D eigenvalue weighted by atomic mass is 35.5. The van der Waals surface area contributed by atoms with E-state index >= 15 is 0 Å². The molecule has 0 aromatic heterocycles. The maximum Gasteiger partial charge on any atom is 0.310 e. The summed E-state index contributed by atoms with van der Waals surface area (Å²) in [5.41, 5.74) is -1.37. The van der Waals surface area contributed by atoms with Crippen molar-refractivity contribution >= 4 is 34.8 Å². The zero-order valence-electron chi connectivity index (χ0n) is 10.5. The van der Waals surface area contributed by atoms with Gasteiger partial charge in [-0.3, -0.25) is 14.9 Å². The van der Waals surface area contributed by atoms with Crippen LogP contribution in [0.25, 0.3) is 0 Å². The third-order valence-corrected chi connectivity index (χ3v) is 4.21. The summed E-state index contributed by atoms with van der Waals surface area (Å²) >= 11 is 11.3. The molecule has 0 unspecified atom stereocenters. The second-order valence-corrected chi connectivity index (χ2v) is 5.48. The van der Waals surface area contributed by atoms with Gasteiger partial charge in [0.15, 0.2) is 5.02 Å². The Labute approximate surface area is 124 Å². The van der Waals surface area contributed by atoms with E-state index in [1.165, 1.54) is 0 Å². The van der Waals surface area contributed by atoms with E-state index in [1.807, 2.05) is 6.92 Å². The van der Waals surface area contributed by atoms with Gasteiger partial charge in [-0.1, -0.05) is 30.1 Å². The van der Waals surface area contributed by atoms with Crippen molar-refractivity contribution in [1.82, 2.24) is 5.32 Å². The van der Waals surface area contributed by atoms with Crippen molar-refractivity contribution in [2.75, 3.05) is 0 Å². The molecule has 0 atom stereocenters. The van der Waals surface area contributed by atoms with Gasteiger partial charge in [0.05, 0.1) is 10.5 Å². The van der Waals surface area contributed by atoms with Crippen LogP contribution in [0.4, 0.5) is 10.1 Å². The predicted molar refractivity (Wildman–Crippen MR) is 72.8 cm³/mol. The maximum absolute atomic E-state index is 13.6. The highest BCUT2D eigenvalue weighted by molar-refractivity contribution is 6.40. The molecule has 1 aliphatic carbocycles. The van der Waals surface area contributed by atoms with Gasteiger partial charge in [0.1, 0.15) is 10.8 Å². The normalized spacial score (nSPS) is 15.8. The standard InChI is InChI=1S/C12H11Cl2FN2O3/c1-2-12(3-4-12)16-11(18)6-5-7(15)9(14)10(8(6)13)17(19)20/h5H,2-4H2,1H3,(H,16,18). The van der Waals surface area contributed by atoms with E-state index in [9.17, 15) is 19.3 Å². The second-order valence-electron chi connectivity index (χ2n) is 4.73. The molecular weight excluding hydrogens is 310 g/mol. The van der Waals surface area contributed by atoms with Gasteiger partial charge in [0.2, 0.25) is 0 Å². The van der Waals surface area contributed by atoms with Crippen molar-refractivity contribution in [3.05, 3.63) is 37.6 Å². The first-order valence-corrected chi connectivity index (χ1v) is 6.71. The molecule has 1 aromatic rings.